The molecule has 12 heavy (non-hydrogen) atoms. The van der Waals surface area contributed by atoms with Crippen molar-refractivity contribution in [2.75, 3.05) is 19.0 Å². The minimum atomic E-state index is 0. The van der Waals surface area contributed by atoms with E-state index in [1.165, 1.54) is 0 Å². The average molecular weight is 189 g/mol. The molecule has 0 aliphatic rings. The highest BCUT2D eigenvalue weighted by molar-refractivity contribution is 5.85. The number of aromatic nitrogens is 1. The van der Waals surface area contributed by atoms with Gasteiger partial charge in [0.25, 0.3) is 0 Å². The molecular weight excluding hydrogens is 176 g/mol. The predicted octanol–water partition coefficient (Wildman–Crippen LogP) is 1.06. The molecule has 0 aliphatic heterocycles. The summed E-state index contributed by atoms with van der Waals surface area (Å²) in [4.78, 5) is 6.03. The molecule has 0 fully saturated rings. The van der Waals surface area contributed by atoms with Crippen molar-refractivity contribution in [1.29, 1.82) is 0 Å². The summed E-state index contributed by atoms with van der Waals surface area (Å²) in [5, 5.41) is 8.71. The topological polar surface area (TPSA) is 36.4 Å². The van der Waals surface area contributed by atoms with Gasteiger partial charge < -0.3 is 10.0 Å². The second kappa shape index (κ2) is 4.95. The number of rotatable bonds is 2. The van der Waals surface area contributed by atoms with E-state index < -0.39 is 0 Å². The zero-order valence-corrected chi connectivity index (χ0v) is 8.01. The summed E-state index contributed by atoms with van der Waals surface area (Å²) in [6.45, 7) is 0.0563. The van der Waals surface area contributed by atoms with Gasteiger partial charge in [-0.2, -0.15) is 0 Å². The predicted molar refractivity (Wildman–Crippen MR) is 51.7 cm³/mol. The van der Waals surface area contributed by atoms with Crippen LogP contribution in [-0.2, 0) is 6.61 Å². The Morgan fingerprint density at radius 1 is 1.42 bits per heavy atom. The largest absolute Gasteiger partial charge is 0.392 e. The molecule has 0 aliphatic carbocycles. The molecule has 4 heteroatoms. The van der Waals surface area contributed by atoms with E-state index in [0.29, 0.717) is 0 Å². The molecule has 0 saturated heterocycles. The summed E-state index contributed by atoms with van der Waals surface area (Å²) in [6.07, 6.45) is 1.68. The molecule has 1 N–H and O–H groups in total. The Bertz CT molecular complexity index is 223. The van der Waals surface area contributed by atoms with Crippen LogP contribution in [0.2, 0.25) is 0 Å². The highest BCUT2D eigenvalue weighted by atomic mass is 35.5. The van der Waals surface area contributed by atoms with Gasteiger partial charge in [0.2, 0.25) is 0 Å². The summed E-state index contributed by atoms with van der Waals surface area (Å²) in [6, 6.07) is 3.74. The maximum atomic E-state index is 8.71. The van der Waals surface area contributed by atoms with Crippen molar-refractivity contribution >= 4 is 18.2 Å². The number of anilines is 1. The molecule has 0 saturated carbocycles. The van der Waals surface area contributed by atoms with E-state index >= 15 is 0 Å². The summed E-state index contributed by atoms with van der Waals surface area (Å²) in [7, 11) is 3.86. The number of halogens is 1. The first-order chi connectivity index (χ1) is 5.24. The Kier molecular flexibility index (Phi) is 4.62. The minimum absolute atomic E-state index is 0. The summed E-state index contributed by atoms with van der Waals surface area (Å²) in [5.74, 6) is 0.905. The zero-order chi connectivity index (χ0) is 8.27. The Hall–Kier alpha value is -0.800. The van der Waals surface area contributed by atoms with Crippen molar-refractivity contribution in [1.82, 2.24) is 4.98 Å². The smallest absolute Gasteiger partial charge is 0.127 e. The van der Waals surface area contributed by atoms with Crippen molar-refractivity contribution in [3.8, 4) is 0 Å². The van der Waals surface area contributed by atoms with Crippen LogP contribution < -0.4 is 4.90 Å². The lowest BCUT2D eigenvalue weighted by atomic mass is 10.3. The molecule has 1 aromatic heterocycles. The lowest BCUT2D eigenvalue weighted by Gasteiger charge is -2.10. The Labute approximate surface area is 78.5 Å². The third-order valence-electron chi connectivity index (χ3n) is 1.45. The molecule has 0 aromatic carbocycles. The van der Waals surface area contributed by atoms with Gasteiger partial charge in [0.1, 0.15) is 5.82 Å². The average Bonchev–Trinajstić information content (AvgIpc) is 2.05. The fourth-order valence-corrected chi connectivity index (χ4v) is 0.775. The molecule has 0 radical (unpaired) electrons. The van der Waals surface area contributed by atoms with Gasteiger partial charge in [0, 0.05) is 20.3 Å². The first-order valence-corrected chi connectivity index (χ1v) is 3.47. The van der Waals surface area contributed by atoms with Gasteiger partial charge in [-0.3, -0.25) is 0 Å². The number of hydrogen-bond acceptors (Lipinski definition) is 3. The second-order valence-electron chi connectivity index (χ2n) is 2.58. The second-order valence-corrected chi connectivity index (χ2v) is 2.58. The molecule has 0 atom stereocenters. The molecule has 0 amide bonds. The van der Waals surface area contributed by atoms with Gasteiger partial charge in [0.15, 0.2) is 0 Å². The number of hydrogen-bond donors (Lipinski definition) is 1. The van der Waals surface area contributed by atoms with Crippen molar-refractivity contribution in [3.05, 3.63) is 23.9 Å². The molecule has 0 unspecified atom stereocenters. The van der Waals surface area contributed by atoms with E-state index in [0.717, 1.165) is 11.4 Å². The van der Waals surface area contributed by atoms with Gasteiger partial charge in [-0.05, 0) is 11.6 Å². The number of aliphatic hydroxyl groups is 1. The third kappa shape index (κ3) is 2.68. The van der Waals surface area contributed by atoms with E-state index in [1.807, 2.05) is 31.1 Å². The van der Waals surface area contributed by atoms with Gasteiger partial charge in [0.05, 0.1) is 6.61 Å². The fourth-order valence-electron chi connectivity index (χ4n) is 0.775. The van der Waals surface area contributed by atoms with Crippen LogP contribution in [0.15, 0.2) is 18.3 Å². The minimum Gasteiger partial charge on any atom is -0.392 e. The van der Waals surface area contributed by atoms with Gasteiger partial charge in [-0.15, -0.1) is 12.4 Å². The zero-order valence-electron chi connectivity index (χ0n) is 7.19. The first-order valence-electron chi connectivity index (χ1n) is 3.47. The SMILES string of the molecule is CN(C)c1ccc(CO)cn1.Cl. The molecule has 3 nitrogen and oxygen atoms in total. The normalized spacial score (nSPS) is 8.92. The maximum absolute atomic E-state index is 8.71. The highest BCUT2D eigenvalue weighted by Gasteiger charge is 1.95. The van der Waals surface area contributed by atoms with Crippen LogP contribution in [0.3, 0.4) is 0 Å². The van der Waals surface area contributed by atoms with E-state index in [2.05, 4.69) is 4.98 Å². The Morgan fingerprint density at radius 2 is 2.08 bits per heavy atom. The molecule has 68 valence electrons. The van der Waals surface area contributed by atoms with Gasteiger partial charge in [-0.1, -0.05) is 6.07 Å². The van der Waals surface area contributed by atoms with E-state index in [1.54, 1.807) is 6.20 Å². The van der Waals surface area contributed by atoms with E-state index in [4.69, 9.17) is 5.11 Å². The van der Waals surface area contributed by atoms with Crippen LogP contribution in [0.1, 0.15) is 5.56 Å². The fraction of sp³-hybridized carbons (Fsp3) is 0.375. The molecule has 1 heterocycles. The Balaban J connectivity index is 0.00000121. The van der Waals surface area contributed by atoms with E-state index in [-0.39, 0.29) is 19.0 Å². The van der Waals surface area contributed by atoms with Crippen LogP contribution in [0.5, 0.6) is 0 Å². The molecule has 1 aromatic rings. The summed E-state index contributed by atoms with van der Waals surface area (Å²) in [5.41, 5.74) is 0.843. The maximum Gasteiger partial charge on any atom is 0.127 e. The van der Waals surface area contributed by atoms with Crippen LogP contribution in [0.25, 0.3) is 0 Å². The van der Waals surface area contributed by atoms with Crippen molar-refractivity contribution in [2.24, 2.45) is 0 Å². The van der Waals surface area contributed by atoms with Crippen LogP contribution in [0, 0.1) is 0 Å². The standard InChI is InChI=1S/C8H12N2O.ClH/c1-10(2)8-4-3-7(6-11)5-9-8;/h3-5,11H,6H2,1-2H3;1H. The van der Waals surface area contributed by atoms with Crippen LogP contribution in [-0.4, -0.2) is 24.2 Å². The quantitative estimate of drug-likeness (QED) is 0.754. The van der Waals surface area contributed by atoms with Gasteiger partial charge in [-0.25, -0.2) is 4.98 Å². The summed E-state index contributed by atoms with van der Waals surface area (Å²) >= 11 is 0. The molecular formula is C8H13ClN2O. The molecule has 0 bridgehead atoms. The molecule has 1 rings (SSSR count). The van der Waals surface area contributed by atoms with Crippen LogP contribution in [0.4, 0.5) is 5.82 Å². The van der Waals surface area contributed by atoms with Crippen molar-refractivity contribution in [2.45, 2.75) is 6.61 Å². The van der Waals surface area contributed by atoms with Crippen molar-refractivity contribution < 1.29 is 5.11 Å². The number of nitrogens with zero attached hydrogens (tertiary/aromatic N) is 2. The summed E-state index contributed by atoms with van der Waals surface area (Å²) < 4.78 is 0. The molecule has 0 spiro atoms. The highest BCUT2D eigenvalue weighted by Crippen LogP contribution is 2.06. The lowest BCUT2D eigenvalue weighted by Crippen LogP contribution is -2.10. The number of aliphatic hydroxyl groups excluding tert-OH is 1. The van der Waals surface area contributed by atoms with Crippen LogP contribution >= 0.6 is 12.4 Å². The monoisotopic (exact) mass is 188 g/mol. The Morgan fingerprint density at radius 3 is 2.42 bits per heavy atom. The van der Waals surface area contributed by atoms with E-state index in [9.17, 15) is 0 Å². The van der Waals surface area contributed by atoms with Crippen molar-refractivity contribution in [3.63, 3.8) is 0 Å². The lowest BCUT2D eigenvalue weighted by molar-refractivity contribution is 0.281. The van der Waals surface area contributed by atoms with Gasteiger partial charge >= 0.3 is 0 Å². The number of pyridine rings is 1. The first kappa shape index (κ1) is 11.2. The third-order valence-corrected chi connectivity index (χ3v) is 1.45.